The molecule has 6 heterocycles. The van der Waals surface area contributed by atoms with Gasteiger partial charge in [-0.15, -0.1) is 0 Å². The first-order valence-corrected chi connectivity index (χ1v) is 32.0. The van der Waals surface area contributed by atoms with Gasteiger partial charge in [0.15, 0.2) is 0 Å². The molecule has 0 bridgehead atoms. The van der Waals surface area contributed by atoms with Crippen molar-refractivity contribution in [2.24, 2.45) is 0 Å². The molecule has 13 aromatic carbocycles. The molecule has 4 aliphatic rings. The Bertz CT molecular complexity index is 4920. The quantitative estimate of drug-likeness (QED) is 0.141. The van der Waals surface area contributed by atoms with Crippen LogP contribution in [-0.4, -0.2) is 28.9 Å². The van der Waals surface area contributed by atoms with E-state index in [2.05, 4.69) is 315 Å². The van der Waals surface area contributed by atoms with Crippen LogP contribution < -0.4 is 31.1 Å². The molecule has 0 unspecified atom stereocenters. The van der Waals surface area contributed by atoms with E-state index >= 15 is 0 Å². The molecular formula is C84H60BN5. The Labute approximate surface area is 524 Å². The molecule has 0 amide bonds. The Hall–Kier alpha value is -11.1. The first-order chi connectivity index (χ1) is 44.7. The second kappa shape index (κ2) is 20.2. The fourth-order valence-electron chi connectivity index (χ4n) is 16.5. The van der Waals surface area contributed by atoms with Gasteiger partial charge >= 0.3 is 0 Å². The summed E-state index contributed by atoms with van der Waals surface area (Å²) in [6.45, 7) is 1.86. The van der Waals surface area contributed by atoms with Crippen molar-refractivity contribution < 1.29 is 0 Å². The molecule has 4 aliphatic heterocycles. The van der Waals surface area contributed by atoms with Gasteiger partial charge in [-0.05, 0) is 124 Å². The van der Waals surface area contributed by atoms with Gasteiger partial charge in [-0.3, -0.25) is 0 Å². The van der Waals surface area contributed by atoms with Crippen molar-refractivity contribution in [2.75, 3.05) is 27.8 Å². The van der Waals surface area contributed by atoms with E-state index < -0.39 is 0 Å². The summed E-state index contributed by atoms with van der Waals surface area (Å²) in [5.41, 5.74) is 32.3. The summed E-state index contributed by atoms with van der Waals surface area (Å²) >= 11 is 0. The van der Waals surface area contributed by atoms with E-state index in [9.17, 15) is 0 Å². The van der Waals surface area contributed by atoms with E-state index in [0.717, 1.165) is 50.1 Å². The molecule has 2 aromatic heterocycles. The lowest BCUT2D eigenvalue weighted by Gasteiger charge is -2.50. The molecule has 90 heavy (non-hydrogen) atoms. The molecule has 0 N–H and O–H groups in total. The normalized spacial score (nSPS) is 13.9. The predicted octanol–water partition coefficient (Wildman–Crippen LogP) is 19.3. The Morgan fingerprint density at radius 2 is 0.622 bits per heavy atom. The second-order valence-corrected chi connectivity index (χ2v) is 24.8. The van der Waals surface area contributed by atoms with Gasteiger partial charge in [-0.2, -0.15) is 0 Å². The van der Waals surface area contributed by atoms with Crippen molar-refractivity contribution in [3.8, 4) is 55.9 Å². The summed E-state index contributed by atoms with van der Waals surface area (Å²) in [5.74, 6) is 0. The molecular weight excluding hydrogens is 1090 g/mol. The highest BCUT2D eigenvalue weighted by Crippen LogP contribution is 2.58. The van der Waals surface area contributed by atoms with Crippen LogP contribution in [0, 0.1) is 0 Å². The van der Waals surface area contributed by atoms with Gasteiger partial charge in [-0.1, -0.05) is 243 Å². The predicted molar refractivity (Wildman–Crippen MR) is 380 cm³/mol. The van der Waals surface area contributed by atoms with Crippen LogP contribution in [0.25, 0.3) is 99.5 Å². The minimum atomic E-state index is -0.189. The number of hydrogen-bond donors (Lipinski definition) is 0. The van der Waals surface area contributed by atoms with Crippen molar-refractivity contribution in [2.45, 2.75) is 25.7 Å². The SMILES string of the molecule is c1ccc(-c2cccc(-c3ccccc3)c2N2c3cc4c(cc3B3c5cc6c7ccccc7n(-c7ccccc7)c6cc5N(c5c(-c6ccccc6)cccc5-c5ccccc5)c5c6c7c(c2c53)CCCN7CCC6)c2ccccc2n4-c2ccccc2)cc1. The Balaban J connectivity index is 1.05. The molecule has 5 nitrogen and oxygen atoms in total. The summed E-state index contributed by atoms with van der Waals surface area (Å²) in [4.78, 5) is 8.43. The highest BCUT2D eigenvalue weighted by molar-refractivity contribution is 7.00. The number of para-hydroxylation sites is 6. The van der Waals surface area contributed by atoms with Gasteiger partial charge in [0.1, 0.15) is 0 Å². The van der Waals surface area contributed by atoms with E-state index in [1.54, 1.807) is 0 Å². The minimum absolute atomic E-state index is 0.189. The third kappa shape index (κ3) is 7.51. The lowest BCUT2D eigenvalue weighted by atomic mass is 9.33. The molecule has 0 spiro atoms. The van der Waals surface area contributed by atoms with Crippen LogP contribution in [0.15, 0.2) is 291 Å². The summed E-state index contributed by atoms with van der Waals surface area (Å²) < 4.78 is 5.04. The fourth-order valence-corrected chi connectivity index (χ4v) is 16.5. The highest BCUT2D eigenvalue weighted by Gasteiger charge is 2.50. The van der Waals surface area contributed by atoms with Gasteiger partial charge in [0.25, 0.3) is 6.71 Å². The first-order valence-electron chi connectivity index (χ1n) is 32.0. The van der Waals surface area contributed by atoms with Crippen LogP contribution in [0.1, 0.15) is 24.0 Å². The molecule has 0 saturated carbocycles. The van der Waals surface area contributed by atoms with Gasteiger partial charge in [0.05, 0.1) is 33.4 Å². The summed E-state index contributed by atoms with van der Waals surface area (Å²) in [6.07, 6.45) is 4.08. The zero-order valence-corrected chi connectivity index (χ0v) is 49.8. The number of anilines is 7. The lowest BCUT2D eigenvalue weighted by molar-refractivity contribution is 0.635. The number of rotatable bonds is 8. The van der Waals surface area contributed by atoms with Gasteiger partial charge < -0.3 is 23.8 Å². The number of benzene rings is 13. The summed E-state index contributed by atoms with van der Waals surface area (Å²) in [5, 5.41) is 4.97. The third-order valence-corrected chi connectivity index (χ3v) is 20.0. The van der Waals surface area contributed by atoms with E-state index in [1.165, 1.54) is 155 Å². The van der Waals surface area contributed by atoms with Crippen LogP contribution >= 0.6 is 0 Å². The van der Waals surface area contributed by atoms with E-state index in [0.29, 0.717) is 0 Å². The van der Waals surface area contributed by atoms with Crippen LogP contribution in [0.4, 0.5) is 39.8 Å². The average molecular weight is 1150 g/mol. The lowest BCUT2D eigenvalue weighted by Crippen LogP contribution is -2.62. The van der Waals surface area contributed by atoms with Crippen LogP contribution in [0.2, 0.25) is 0 Å². The van der Waals surface area contributed by atoms with Crippen LogP contribution in [-0.2, 0) is 12.8 Å². The smallest absolute Gasteiger partial charge is 0.252 e. The second-order valence-electron chi connectivity index (χ2n) is 24.8. The molecule has 0 fully saturated rings. The Morgan fingerprint density at radius 1 is 0.278 bits per heavy atom. The summed E-state index contributed by atoms with van der Waals surface area (Å²) in [6, 6.07) is 110. The first kappa shape index (κ1) is 51.0. The monoisotopic (exact) mass is 1150 g/mol. The topological polar surface area (TPSA) is 19.6 Å². The summed E-state index contributed by atoms with van der Waals surface area (Å²) in [7, 11) is 0. The fraction of sp³-hybridized carbons (Fsp3) is 0.0714. The maximum absolute atomic E-state index is 2.82. The third-order valence-electron chi connectivity index (χ3n) is 20.0. The number of aromatic nitrogens is 2. The highest BCUT2D eigenvalue weighted by atomic mass is 15.2. The van der Waals surface area contributed by atoms with Crippen LogP contribution in [0.3, 0.4) is 0 Å². The number of hydrogen-bond acceptors (Lipinski definition) is 3. The average Bonchev–Trinajstić information content (AvgIpc) is 0.900. The van der Waals surface area contributed by atoms with Crippen molar-refractivity contribution in [1.29, 1.82) is 0 Å². The maximum atomic E-state index is 2.82. The Kier molecular flexibility index (Phi) is 11.5. The largest absolute Gasteiger partial charge is 0.371 e. The Morgan fingerprint density at radius 3 is 1.00 bits per heavy atom. The molecule has 6 heteroatoms. The van der Waals surface area contributed by atoms with Crippen LogP contribution in [0.5, 0.6) is 0 Å². The maximum Gasteiger partial charge on any atom is 0.252 e. The van der Waals surface area contributed by atoms with E-state index in [1.807, 2.05) is 0 Å². The zero-order chi connectivity index (χ0) is 59.0. The van der Waals surface area contributed by atoms with Crippen molar-refractivity contribution in [3.63, 3.8) is 0 Å². The van der Waals surface area contributed by atoms with Gasteiger partial charge in [-0.25, -0.2) is 0 Å². The molecule has 0 saturated heterocycles. The van der Waals surface area contributed by atoms with Gasteiger partial charge in [0, 0.05) is 96.7 Å². The van der Waals surface area contributed by atoms with Crippen molar-refractivity contribution in [3.05, 3.63) is 302 Å². The van der Waals surface area contributed by atoms with E-state index in [-0.39, 0.29) is 6.71 Å². The molecule has 424 valence electrons. The van der Waals surface area contributed by atoms with Gasteiger partial charge in [0.2, 0.25) is 0 Å². The number of fused-ring (bicyclic) bond motifs is 12. The standard InChI is InChI=1S/C84H60BN5/c1-7-27-55(28-8-1)61-41-23-42-62(56-29-9-2-10-30-56)81(61)89-77-53-75-69(65-39-19-21-47-73(65)87(75)59-35-15-5-16-36-59)51-71(77)85-72-52-70-66-40-20-22-48-74(66)88(60-37-17-6-18-38-60)76(70)54-78(72)90(84-68-46-26-50-86-49-25-45-67(80(68)86)83(89)79(84)85)82-63(57-31-11-3-12-32-57)43-24-44-64(82)58-33-13-4-14-34-58/h1-24,27-44,47-48,51-54H,25-26,45-46,49-50H2. The molecule has 15 aromatic rings. The molecule has 0 radical (unpaired) electrons. The minimum Gasteiger partial charge on any atom is -0.371 e. The molecule has 0 atom stereocenters. The number of nitrogens with zero attached hydrogens (tertiary/aromatic N) is 5. The molecule has 0 aliphatic carbocycles. The van der Waals surface area contributed by atoms with E-state index in [4.69, 9.17) is 0 Å². The van der Waals surface area contributed by atoms with Crippen molar-refractivity contribution >= 4 is 107 Å². The van der Waals surface area contributed by atoms with Crippen molar-refractivity contribution in [1.82, 2.24) is 9.13 Å². The zero-order valence-electron chi connectivity index (χ0n) is 49.8. The molecule has 19 rings (SSSR count).